The molecule has 160 valence electrons. The van der Waals surface area contributed by atoms with Gasteiger partial charge < -0.3 is 4.74 Å². The zero-order chi connectivity index (χ0) is 22.3. The van der Waals surface area contributed by atoms with Gasteiger partial charge in [-0.15, -0.1) is 0 Å². The van der Waals surface area contributed by atoms with Gasteiger partial charge in [-0.2, -0.15) is 5.10 Å². The van der Waals surface area contributed by atoms with Crippen LogP contribution in [0.1, 0.15) is 5.56 Å². The third-order valence-electron chi connectivity index (χ3n) is 4.28. The zero-order valence-electron chi connectivity index (χ0n) is 16.6. The van der Waals surface area contributed by atoms with Crippen molar-refractivity contribution in [3.05, 3.63) is 90.2 Å². The molecule has 3 aromatic rings. The van der Waals surface area contributed by atoms with Gasteiger partial charge in [0.1, 0.15) is 18.1 Å². The van der Waals surface area contributed by atoms with E-state index in [4.69, 9.17) is 4.74 Å². The number of hydrogen-bond donors (Lipinski definition) is 1. The Morgan fingerprint density at radius 1 is 1.03 bits per heavy atom. The van der Waals surface area contributed by atoms with Crippen LogP contribution in [-0.2, 0) is 14.8 Å². The maximum atomic E-state index is 13.6. The molecule has 1 N–H and O–H groups in total. The van der Waals surface area contributed by atoms with Crippen molar-refractivity contribution >= 4 is 27.8 Å². The Morgan fingerprint density at radius 2 is 1.68 bits per heavy atom. The minimum Gasteiger partial charge on any atom is -0.497 e. The normalized spacial score (nSPS) is 11.3. The van der Waals surface area contributed by atoms with Crippen LogP contribution in [0.4, 0.5) is 10.1 Å². The number of ether oxygens (including phenoxy) is 1. The number of sulfonamides is 1. The van der Waals surface area contributed by atoms with E-state index in [0.29, 0.717) is 11.4 Å². The van der Waals surface area contributed by atoms with E-state index in [9.17, 15) is 17.6 Å². The number of amides is 1. The molecule has 1 amide bonds. The first kappa shape index (κ1) is 22.0. The second-order valence-electron chi connectivity index (χ2n) is 6.34. The molecule has 0 aliphatic heterocycles. The van der Waals surface area contributed by atoms with Gasteiger partial charge in [0.2, 0.25) is 0 Å². The van der Waals surface area contributed by atoms with E-state index in [1.165, 1.54) is 49.6 Å². The number of methoxy groups -OCH3 is 1. The summed E-state index contributed by atoms with van der Waals surface area (Å²) in [5, 5.41) is 3.72. The van der Waals surface area contributed by atoms with Gasteiger partial charge in [0, 0.05) is 5.56 Å². The number of nitrogens with one attached hydrogen (secondary N) is 1. The fourth-order valence-electron chi connectivity index (χ4n) is 2.70. The molecule has 31 heavy (non-hydrogen) atoms. The number of carbonyl (C=O) groups is 1. The molecule has 0 saturated heterocycles. The van der Waals surface area contributed by atoms with Crippen LogP contribution in [0, 0.1) is 5.82 Å². The van der Waals surface area contributed by atoms with Gasteiger partial charge in [-0.05, 0) is 42.5 Å². The summed E-state index contributed by atoms with van der Waals surface area (Å²) in [6.07, 6.45) is 1.15. The Bertz CT molecular complexity index is 1170. The molecule has 0 unspecified atom stereocenters. The van der Waals surface area contributed by atoms with Gasteiger partial charge in [-0.3, -0.25) is 9.10 Å². The second kappa shape index (κ2) is 9.86. The van der Waals surface area contributed by atoms with Crippen molar-refractivity contribution in [2.24, 2.45) is 5.10 Å². The monoisotopic (exact) mass is 441 g/mol. The average Bonchev–Trinajstić information content (AvgIpc) is 2.79. The van der Waals surface area contributed by atoms with Crippen molar-refractivity contribution in [1.29, 1.82) is 0 Å². The number of anilines is 1. The molecular weight excluding hydrogens is 421 g/mol. The molecule has 0 saturated carbocycles. The smallest absolute Gasteiger partial charge is 0.264 e. The Morgan fingerprint density at radius 3 is 2.32 bits per heavy atom. The maximum absolute atomic E-state index is 13.6. The molecule has 0 aliphatic rings. The predicted octanol–water partition coefficient (Wildman–Crippen LogP) is 3.18. The minimum absolute atomic E-state index is 0.000175. The molecule has 3 aromatic carbocycles. The van der Waals surface area contributed by atoms with E-state index in [2.05, 4.69) is 10.5 Å². The van der Waals surface area contributed by atoms with E-state index in [1.54, 1.807) is 36.4 Å². The lowest BCUT2D eigenvalue weighted by molar-refractivity contribution is -0.119. The Hall–Kier alpha value is -3.72. The number of halogens is 1. The van der Waals surface area contributed by atoms with Crippen LogP contribution in [0.15, 0.2) is 88.9 Å². The summed E-state index contributed by atoms with van der Waals surface area (Å²) in [5.41, 5.74) is 2.74. The topological polar surface area (TPSA) is 88.1 Å². The summed E-state index contributed by atoms with van der Waals surface area (Å²) < 4.78 is 46.1. The third kappa shape index (κ3) is 5.46. The van der Waals surface area contributed by atoms with Gasteiger partial charge in [0.05, 0.1) is 23.9 Å². The highest BCUT2D eigenvalue weighted by Crippen LogP contribution is 2.24. The number of para-hydroxylation sites is 1. The fourth-order valence-corrected chi connectivity index (χ4v) is 4.12. The number of hydrazone groups is 1. The van der Waals surface area contributed by atoms with E-state index in [0.717, 1.165) is 10.5 Å². The van der Waals surface area contributed by atoms with Crippen molar-refractivity contribution in [3.63, 3.8) is 0 Å². The maximum Gasteiger partial charge on any atom is 0.264 e. The Balaban J connectivity index is 1.82. The van der Waals surface area contributed by atoms with Gasteiger partial charge in [-0.25, -0.2) is 18.2 Å². The Labute approximate surface area is 179 Å². The molecule has 0 spiro atoms. The van der Waals surface area contributed by atoms with E-state index < -0.39 is 28.3 Å². The highest BCUT2D eigenvalue weighted by Gasteiger charge is 2.27. The zero-order valence-corrected chi connectivity index (χ0v) is 17.4. The molecule has 0 atom stereocenters. The molecule has 0 heterocycles. The van der Waals surface area contributed by atoms with Crippen LogP contribution >= 0.6 is 0 Å². The summed E-state index contributed by atoms with van der Waals surface area (Å²) in [4.78, 5) is 12.4. The van der Waals surface area contributed by atoms with Crippen LogP contribution in [0.5, 0.6) is 5.75 Å². The number of nitrogens with zero attached hydrogens (tertiary/aromatic N) is 2. The molecule has 7 nitrogen and oxygen atoms in total. The van der Waals surface area contributed by atoms with Gasteiger partial charge >= 0.3 is 0 Å². The fraction of sp³-hybridized carbons (Fsp3) is 0.0909. The number of hydrogen-bond acceptors (Lipinski definition) is 5. The van der Waals surface area contributed by atoms with E-state index in [-0.39, 0.29) is 10.5 Å². The lowest BCUT2D eigenvalue weighted by Gasteiger charge is -2.23. The van der Waals surface area contributed by atoms with Crippen LogP contribution in [-0.4, -0.2) is 34.2 Å². The molecule has 0 bridgehead atoms. The van der Waals surface area contributed by atoms with Crippen molar-refractivity contribution in [3.8, 4) is 5.75 Å². The molecule has 9 heteroatoms. The van der Waals surface area contributed by atoms with Crippen LogP contribution in [0.3, 0.4) is 0 Å². The lowest BCUT2D eigenvalue weighted by Crippen LogP contribution is -2.39. The van der Waals surface area contributed by atoms with Crippen molar-refractivity contribution in [1.82, 2.24) is 5.43 Å². The van der Waals surface area contributed by atoms with Crippen molar-refractivity contribution < 1.29 is 22.3 Å². The average molecular weight is 441 g/mol. The summed E-state index contributed by atoms with van der Waals surface area (Å²) in [6.45, 7) is -0.521. The van der Waals surface area contributed by atoms with Crippen LogP contribution < -0.4 is 14.5 Å². The first-order valence-corrected chi connectivity index (χ1v) is 10.6. The van der Waals surface area contributed by atoms with Gasteiger partial charge in [0.25, 0.3) is 15.9 Å². The Kier molecular flexibility index (Phi) is 6.99. The first-order valence-electron chi connectivity index (χ1n) is 9.20. The van der Waals surface area contributed by atoms with E-state index >= 15 is 0 Å². The lowest BCUT2D eigenvalue weighted by atomic mass is 10.2. The quantitative estimate of drug-likeness (QED) is 0.430. The summed E-state index contributed by atoms with van der Waals surface area (Å²) in [7, 11) is -2.57. The highest BCUT2D eigenvalue weighted by molar-refractivity contribution is 7.92. The molecule has 0 fully saturated rings. The predicted molar refractivity (Wildman–Crippen MR) is 116 cm³/mol. The molecule has 0 aromatic heterocycles. The highest BCUT2D eigenvalue weighted by atomic mass is 32.2. The van der Waals surface area contributed by atoms with Crippen molar-refractivity contribution in [2.45, 2.75) is 4.90 Å². The van der Waals surface area contributed by atoms with Crippen molar-refractivity contribution in [2.75, 3.05) is 18.0 Å². The van der Waals surface area contributed by atoms with Crippen LogP contribution in [0.25, 0.3) is 0 Å². The molecule has 0 aliphatic carbocycles. The van der Waals surface area contributed by atoms with Gasteiger partial charge in [-0.1, -0.05) is 36.4 Å². The summed E-state index contributed by atoms with van der Waals surface area (Å²) in [6, 6.07) is 20.0. The molecule has 3 rings (SSSR count). The number of carbonyl (C=O) groups excluding carboxylic acids is 1. The number of benzene rings is 3. The molecular formula is C22H20FN3O4S. The minimum atomic E-state index is -4.05. The molecule has 0 radical (unpaired) electrons. The third-order valence-corrected chi connectivity index (χ3v) is 6.07. The largest absolute Gasteiger partial charge is 0.497 e. The first-order chi connectivity index (χ1) is 14.9. The summed E-state index contributed by atoms with van der Waals surface area (Å²) in [5.74, 6) is -0.674. The van der Waals surface area contributed by atoms with Gasteiger partial charge in [0.15, 0.2) is 0 Å². The SMILES string of the molecule is COc1ccc(S(=O)(=O)N(CC(=O)N/N=C\c2ccccc2F)c2ccccc2)cc1. The summed E-state index contributed by atoms with van der Waals surface area (Å²) >= 11 is 0. The van der Waals surface area contributed by atoms with Crippen LogP contribution in [0.2, 0.25) is 0 Å². The second-order valence-corrected chi connectivity index (χ2v) is 8.20. The van der Waals surface area contributed by atoms with E-state index in [1.807, 2.05) is 0 Å². The number of rotatable bonds is 8. The standard InChI is InChI=1S/C22H20FN3O4S/c1-30-19-11-13-20(14-12-19)31(28,29)26(18-8-3-2-4-9-18)16-22(27)25-24-15-17-7-5-6-10-21(17)23/h2-15H,16H2,1H3,(H,25,27)/b24-15-.